The SMILES string of the molecule is O=C(NCc1nccc(N2CCCCC2)n1)c1ccco1. The molecule has 0 spiro atoms. The van der Waals surface area contributed by atoms with Gasteiger partial charge in [0.25, 0.3) is 5.91 Å². The molecule has 0 saturated carbocycles. The molecule has 3 rings (SSSR count). The Morgan fingerprint density at radius 3 is 2.90 bits per heavy atom. The molecule has 0 unspecified atom stereocenters. The molecule has 3 heterocycles. The van der Waals surface area contributed by atoms with Crippen LogP contribution in [0.1, 0.15) is 35.6 Å². The molecule has 0 aromatic carbocycles. The van der Waals surface area contributed by atoms with Gasteiger partial charge >= 0.3 is 0 Å². The molecule has 0 radical (unpaired) electrons. The van der Waals surface area contributed by atoms with E-state index in [1.165, 1.54) is 25.5 Å². The minimum absolute atomic E-state index is 0.257. The highest BCUT2D eigenvalue weighted by Crippen LogP contribution is 2.16. The van der Waals surface area contributed by atoms with E-state index >= 15 is 0 Å². The zero-order valence-corrected chi connectivity index (χ0v) is 11.8. The van der Waals surface area contributed by atoms with Gasteiger partial charge in [-0.1, -0.05) is 0 Å². The maximum Gasteiger partial charge on any atom is 0.287 e. The summed E-state index contributed by atoms with van der Waals surface area (Å²) in [5.41, 5.74) is 0. The molecular weight excluding hydrogens is 268 g/mol. The van der Waals surface area contributed by atoms with Gasteiger partial charge in [0.1, 0.15) is 11.6 Å². The largest absolute Gasteiger partial charge is 0.459 e. The lowest BCUT2D eigenvalue weighted by atomic mass is 10.1. The Balaban J connectivity index is 1.62. The molecule has 0 atom stereocenters. The van der Waals surface area contributed by atoms with E-state index in [1.807, 2.05) is 6.07 Å². The third-order valence-corrected chi connectivity index (χ3v) is 3.52. The maximum absolute atomic E-state index is 11.8. The van der Waals surface area contributed by atoms with Crippen LogP contribution in [-0.2, 0) is 6.54 Å². The molecule has 1 N–H and O–H groups in total. The molecular formula is C15H18N4O2. The van der Waals surface area contributed by atoms with Crippen LogP contribution < -0.4 is 10.2 Å². The van der Waals surface area contributed by atoms with Crippen LogP contribution in [0.4, 0.5) is 5.82 Å². The number of furan rings is 1. The van der Waals surface area contributed by atoms with E-state index in [0.717, 1.165) is 18.9 Å². The second-order valence-corrected chi connectivity index (χ2v) is 5.04. The van der Waals surface area contributed by atoms with Gasteiger partial charge in [0, 0.05) is 19.3 Å². The topological polar surface area (TPSA) is 71.3 Å². The minimum atomic E-state index is -0.257. The molecule has 1 aliphatic rings. The number of anilines is 1. The van der Waals surface area contributed by atoms with Gasteiger partial charge in [0.15, 0.2) is 5.76 Å². The van der Waals surface area contributed by atoms with Crippen LogP contribution >= 0.6 is 0 Å². The summed E-state index contributed by atoms with van der Waals surface area (Å²) in [7, 11) is 0. The number of hydrogen-bond donors (Lipinski definition) is 1. The maximum atomic E-state index is 11.8. The smallest absolute Gasteiger partial charge is 0.287 e. The Labute approximate surface area is 123 Å². The fourth-order valence-electron chi connectivity index (χ4n) is 2.43. The van der Waals surface area contributed by atoms with Gasteiger partial charge in [-0.05, 0) is 37.5 Å². The highest BCUT2D eigenvalue weighted by atomic mass is 16.3. The van der Waals surface area contributed by atoms with Crippen molar-refractivity contribution in [2.24, 2.45) is 0 Å². The summed E-state index contributed by atoms with van der Waals surface area (Å²) in [6.45, 7) is 2.37. The van der Waals surface area contributed by atoms with Crippen molar-refractivity contribution in [2.45, 2.75) is 25.8 Å². The third-order valence-electron chi connectivity index (χ3n) is 3.52. The van der Waals surface area contributed by atoms with Crippen molar-refractivity contribution in [3.63, 3.8) is 0 Å². The summed E-state index contributed by atoms with van der Waals surface area (Å²) in [4.78, 5) is 22.8. The molecule has 6 heteroatoms. The molecule has 2 aromatic heterocycles. The Bertz CT molecular complexity index is 591. The first-order chi connectivity index (χ1) is 10.3. The number of piperidine rings is 1. The third kappa shape index (κ3) is 3.39. The highest BCUT2D eigenvalue weighted by molar-refractivity contribution is 5.91. The van der Waals surface area contributed by atoms with Crippen molar-refractivity contribution in [1.29, 1.82) is 0 Å². The normalized spacial score (nSPS) is 15.0. The number of hydrogen-bond acceptors (Lipinski definition) is 5. The van der Waals surface area contributed by atoms with E-state index in [4.69, 9.17) is 4.42 Å². The second-order valence-electron chi connectivity index (χ2n) is 5.04. The summed E-state index contributed by atoms with van der Waals surface area (Å²) in [6, 6.07) is 5.23. The van der Waals surface area contributed by atoms with Gasteiger partial charge in [-0.2, -0.15) is 0 Å². The quantitative estimate of drug-likeness (QED) is 0.930. The van der Waals surface area contributed by atoms with Crippen molar-refractivity contribution in [1.82, 2.24) is 15.3 Å². The number of carbonyl (C=O) groups excluding carboxylic acids is 1. The molecule has 0 aliphatic carbocycles. The molecule has 6 nitrogen and oxygen atoms in total. The molecule has 1 saturated heterocycles. The van der Waals surface area contributed by atoms with E-state index < -0.39 is 0 Å². The van der Waals surface area contributed by atoms with Gasteiger partial charge < -0.3 is 14.6 Å². The Hall–Kier alpha value is -2.37. The summed E-state index contributed by atoms with van der Waals surface area (Å²) >= 11 is 0. The fourth-order valence-corrected chi connectivity index (χ4v) is 2.43. The summed E-state index contributed by atoms with van der Waals surface area (Å²) in [6.07, 6.45) is 6.91. The zero-order chi connectivity index (χ0) is 14.5. The van der Waals surface area contributed by atoms with E-state index in [-0.39, 0.29) is 5.91 Å². The minimum Gasteiger partial charge on any atom is -0.459 e. The molecule has 21 heavy (non-hydrogen) atoms. The second kappa shape index (κ2) is 6.39. The predicted octanol–water partition coefficient (Wildman–Crippen LogP) is 1.99. The molecule has 1 aliphatic heterocycles. The number of rotatable bonds is 4. The number of amides is 1. The summed E-state index contributed by atoms with van der Waals surface area (Å²) in [5.74, 6) is 1.58. The highest BCUT2D eigenvalue weighted by Gasteiger charge is 2.13. The van der Waals surface area contributed by atoms with Crippen molar-refractivity contribution in [2.75, 3.05) is 18.0 Å². The van der Waals surface area contributed by atoms with Crippen LogP contribution in [0.2, 0.25) is 0 Å². The Morgan fingerprint density at radius 1 is 1.29 bits per heavy atom. The number of nitrogens with one attached hydrogen (secondary N) is 1. The number of nitrogens with zero attached hydrogens (tertiary/aromatic N) is 3. The van der Waals surface area contributed by atoms with Gasteiger partial charge in [0.05, 0.1) is 12.8 Å². The lowest BCUT2D eigenvalue weighted by Crippen LogP contribution is -2.31. The molecule has 2 aromatic rings. The fraction of sp³-hybridized carbons (Fsp3) is 0.400. The molecule has 1 fully saturated rings. The van der Waals surface area contributed by atoms with E-state index in [1.54, 1.807) is 18.3 Å². The van der Waals surface area contributed by atoms with Crippen molar-refractivity contribution in [3.05, 3.63) is 42.2 Å². The van der Waals surface area contributed by atoms with E-state index in [9.17, 15) is 4.79 Å². The average Bonchev–Trinajstić information content (AvgIpc) is 3.08. The van der Waals surface area contributed by atoms with Crippen LogP contribution in [0, 0.1) is 0 Å². The summed E-state index contributed by atoms with van der Waals surface area (Å²) in [5, 5.41) is 2.76. The van der Waals surface area contributed by atoms with Gasteiger partial charge in [-0.25, -0.2) is 9.97 Å². The van der Waals surface area contributed by atoms with Crippen molar-refractivity contribution in [3.8, 4) is 0 Å². The predicted molar refractivity (Wildman–Crippen MR) is 78.0 cm³/mol. The standard InChI is InChI=1S/C15H18N4O2/c20-15(12-5-4-10-21-12)17-11-13-16-7-6-14(18-13)19-8-2-1-3-9-19/h4-7,10H,1-3,8-9,11H2,(H,17,20). The monoisotopic (exact) mass is 286 g/mol. The first-order valence-electron chi connectivity index (χ1n) is 7.21. The molecule has 110 valence electrons. The molecule has 1 amide bonds. The summed E-state index contributed by atoms with van der Waals surface area (Å²) < 4.78 is 5.04. The Kier molecular flexibility index (Phi) is 4.14. The number of aromatic nitrogens is 2. The van der Waals surface area contributed by atoms with Crippen LogP contribution in [0.15, 0.2) is 35.1 Å². The van der Waals surface area contributed by atoms with E-state index in [2.05, 4.69) is 20.2 Å². The van der Waals surface area contributed by atoms with Gasteiger partial charge in [-0.3, -0.25) is 4.79 Å². The van der Waals surface area contributed by atoms with Crippen molar-refractivity contribution >= 4 is 11.7 Å². The van der Waals surface area contributed by atoms with Crippen LogP contribution in [0.5, 0.6) is 0 Å². The van der Waals surface area contributed by atoms with Crippen LogP contribution in [0.3, 0.4) is 0 Å². The lowest BCUT2D eigenvalue weighted by Gasteiger charge is -2.27. The lowest BCUT2D eigenvalue weighted by molar-refractivity contribution is 0.0922. The van der Waals surface area contributed by atoms with Crippen LogP contribution in [-0.4, -0.2) is 29.0 Å². The number of carbonyl (C=O) groups is 1. The molecule has 0 bridgehead atoms. The zero-order valence-electron chi connectivity index (χ0n) is 11.8. The Morgan fingerprint density at radius 2 is 2.14 bits per heavy atom. The van der Waals surface area contributed by atoms with Gasteiger partial charge in [-0.15, -0.1) is 0 Å². The first-order valence-corrected chi connectivity index (χ1v) is 7.21. The van der Waals surface area contributed by atoms with Crippen LogP contribution in [0.25, 0.3) is 0 Å². The van der Waals surface area contributed by atoms with E-state index in [0.29, 0.717) is 18.1 Å². The first kappa shape index (κ1) is 13.6. The van der Waals surface area contributed by atoms with Gasteiger partial charge in [0.2, 0.25) is 0 Å². The average molecular weight is 286 g/mol. The van der Waals surface area contributed by atoms with Crippen molar-refractivity contribution < 1.29 is 9.21 Å².